The molecule has 0 unspecified atom stereocenters. The molecule has 0 saturated carbocycles. The topological polar surface area (TPSA) is 81.6 Å². The number of hydrogen-bond acceptors (Lipinski definition) is 5. The van der Waals surface area contributed by atoms with Crippen molar-refractivity contribution < 1.29 is 10.0 Å². The first-order valence-corrected chi connectivity index (χ1v) is 5.08. The van der Waals surface area contributed by atoms with Crippen LogP contribution in [0.5, 0.6) is 0 Å². The summed E-state index contributed by atoms with van der Waals surface area (Å²) in [4.78, 5) is 14.4. The molecule has 6 heteroatoms. The number of hydrogen-bond donors (Lipinski definition) is 1. The molecule has 2 N–H and O–H groups in total. The van der Waals surface area contributed by atoms with Crippen molar-refractivity contribution in [1.82, 2.24) is 0 Å². The molecule has 1 aromatic rings. The van der Waals surface area contributed by atoms with Gasteiger partial charge in [-0.3, -0.25) is 0 Å². The summed E-state index contributed by atoms with van der Waals surface area (Å²) in [5.74, 6) is 5.47. The van der Waals surface area contributed by atoms with E-state index in [4.69, 9.17) is 5.84 Å². The first-order chi connectivity index (χ1) is 7.60. The molecule has 0 aliphatic heterocycles. The third-order valence-electron chi connectivity index (χ3n) is 2.37. The number of anilines is 1. The zero-order valence-electron chi connectivity index (χ0n) is 9.34. The zero-order valence-corrected chi connectivity index (χ0v) is 9.34. The van der Waals surface area contributed by atoms with Crippen LogP contribution in [-0.4, -0.2) is 5.09 Å². The Morgan fingerprint density at radius 1 is 1.44 bits per heavy atom. The lowest BCUT2D eigenvalue weighted by atomic mass is 10.0. The van der Waals surface area contributed by atoms with Crippen molar-refractivity contribution in [2.45, 2.75) is 26.7 Å². The van der Waals surface area contributed by atoms with E-state index in [-0.39, 0.29) is 0 Å². The third kappa shape index (κ3) is 2.60. The maximum Gasteiger partial charge on any atom is 0.318 e. The summed E-state index contributed by atoms with van der Waals surface area (Å²) >= 11 is 0. The predicted octanol–water partition coefficient (Wildman–Crippen LogP) is 1.61. The van der Waals surface area contributed by atoms with E-state index in [1.54, 1.807) is 12.1 Å². The predicted molar refractivity (Wildman–Crippen MR) is 59.9 cm³/mol. The fourth-order valence-electron chi connectivity index (χ4n) is 1.68. The van der Waals surface area contributed by atoms with Crippen LogP contribution in [0.4, 0.5) is 5.69 Å². The lowest BCUT2D eigenvalue weighted by Crippen LogP contribution is -2.34. The fourth-order valence-corrected chi connectivity index (χ4v) is 1.68. The molecule has 88 valence electrons. The van der Waals surface area contributed by atoms with Gasteiger partial charge in [-0.1, -0.05) is 26.0 Å². The van der Waals surface area contributed by atoms with Crippen molar-refractivity contribution in [1.29, 1.82) is 0 Å². The molecule has 0 amide bonds. The van der Waals surface area contributed by atoms with Crippen LogP contribution in [0.1, 0.15) is 25.0 Å². The van der Waals surface area contributed by atoms with Crippen LogP contribution in [0.2, 0.25) is 0 Å². The summed E-state index contributed by atoms with van der Waals surface area (Å²) in [6, 6.07) is 5.47. The average molecular weight is 225 g/mol. The van der Waals surface area contributed by atoms with Crippen LogP contribution in [-0.2, 0) is 17.8 Å². The summed E-state index contributed by atoms with van der Waals surface area (Å²) in [6.07, 6.45) is 1.59. The van der Waals surface area contributed by atoms with Gasteiger partial charge in [0.25, 0.3) is 0 Å². The highest BCUT2D eigenvalue weighted by atomic mass is 17.0. The van der Waals surface area contributed by atoms with E-state index in [1.165, 1.54) is 0 Å². The van der Waals surface area contributed by atoms with E-state index in [0.29, 0.717) is 10.9 Å². The maximum absolute atomic E-state index is 10.2. The molecule has 0 aliphatic carbocycles. The van der Waals surface area contributed by atoms with E-state index < -0.39 is 5.09 Å². The SMILES string of the molecule is CCc1cccc(N(N)O[N+](=O)[O-])c1CC. The third-order valence-corrected chi connectivity index (χ3v) is 2.37. The highest BCUT2D eigenvalue weighted by Crippen LogP contribution is 2.23. The Hall–Kier alpha value is -1.82. The second kappa shape index (κ2) is 5.32. The zero-order chi connectivity index (χ0) is 12.1. The Morgan fingerprint density at radius 2 is 2.12 bits per heavy atom. The largest absolute Gasteiger partial charge is 0.318 e. The molecule has 16 heavy (non-hydrogen) atoms. The number of aryl methyl sites for hydroxylation is 1. The molecule has 0 aliphatic rings. The van der Waals surface area contributed by atoms with Crippen LogP contribution in [0.3, 0.4) is 0 Å². The van der Waals surface area contributed by atoms with Crippen LogP contribution < -0.4 is 11.0 Å². The quantitative estimate of drug-likeness (QED) is 0.467. The van der Waals surface area contributed by atoms with E-state index in [1.807, 2.05) is 19.9 Å². The van der Waals surface area contributed by atoms with Crippen molar-refractivity contribution >= 4 is 5.69 Å². The molecule has 6 nitrogen and oxygen atoms in total. The highest BCUT2D eigenvalue weighted by Gasteiger charge is 2.12. The minimum Gasteiger partial charge on any atom is -0.223 e. The van der Waals surface area contributed by atoms with Gasteiger partial charge >= 0.3 is 5.09 Å². The van der Waals surface area contributed by atoms with E-state index >= 15 is 0 Å². The lowest BCUT2D eigenvalue weighted by molar-refractivity contribution is -0.762. The van der Waals surface area contributed by atoms with Gasteiger partial charge in [0, 0.05) is 0 Å². The standard InChI is InChI=1S/C10H15N3O3/c1-3-8-6-5-7-10(9(8)4-2)12(11)16-13(14)15/h5-7H,3-4,11H2,1-2H3. The van der Waals surface area contributed by atoms with Crippen molar-refractivity contribution in [3.63, 3.8) is 0 Å². The molecular weight excluding hydrogens is 210 g/mol. The van der Waals surface area contributed by atoms with Crippen molar-refractivity contribution in [3.05, 3.63) is 39.4 Å². The lowest BCUT2D eigenvalue weighted by Gasteiger charge is -2.19. The van der Waals surface area contributed by atoms with Gasteiger partial charge in [0.1, 0.15) is 0 Å². The van der Waals surface area contributed by atoms with Gasteiger partial charge in [0.05, 0.1) is 5.69 Å². The Balaban J connectivity index is 3.07. The molecule has 0 aromatic heterocycles. The molecule has 0 radical (unpaired) electrons. The second-order valence-electron chi connectivity index (χ2n) is 3.25. The van der Waals surface area contributed by atoms with Crippen LogP contribution in [0.15, 0.2) is 18.2 Å². The molecule has 0 bridgehead atoms. The number of rotatable bonds is 5. The number of nitrogens with zero attached hydrogens (tertiary/aromatic N) is 2. The van der Waals surface area contributed by atoms with Gasteiger partial charge < -0.3 is 0 Å². The average Bonchev–Trinajstić information content (AvgIpc) is 2.26. The molecule has 0 atom stereocenters. The maximum atomic E-state index is 10.2. The summed E-state index contributed by atoms with van der Waals surface area (Å²) in [5, 5.41) is 9.96. The first-order valence-electron chi connectivity index (χ1n) is 5.08. The summed E-state index contributed by atoms with van der Waals surface area (Å²) in [7, 11) is 0. The molecule has 0 fully saturated rings. The Labute approximate surface area is 93.6 Å². The van der Waals surface area contributed by atoms with Gasteiger partial charge in [-0.05, 0) is 30.0 Å². The van der Waals surface area contributed by atoms with Gasteiger partial charge in [0.15, 0.2) is 0 Å². The minimum absolute atomic E-state index is 0.526. The minimum atomic E-state index is -0.932. The highest BCUT2D eigenvalue weighted by molar-refractivity contribution is 5.54. The molecule has 1 aromatic carbocycles. The Bertz CT molecular complexity index is 382. The molecule has 0 heterocycles. The Kier molecular flexibility index (Phi) is 4.07. The van der Waals surface area contributed by atoms with Gasteiger partial charge in [0.2, 0.25) is 0 Å². The van der Waals surface area contributed by atoms with Crippen molar-refractivity contribution in [2.24, 2.45) is 5.84 Å². The molecule has 0 spiro atoms. The molecular formula is C10H15N3O3. The van der Waals surface area contributed by atoms with Gasteiger partial charge in [-0.15, -0.1) is 15.3 Å². The van der Waals surface area contributed by atoms with Gasteiger partial charge in [-0.25, -0.2) is 5.84 Å². The van der Waals surface area contributed by atoms with E-state index in [0.717, 1.165) is 24.0 Å². The fraction of sp³-hybridized carbons (Fsp3) is 0.400. The summed E-state index contributed by atoms with van der Waals surface area (Å²) in [5.41, 5.74) is 2.61. The van der Waals surface area contributed by atoms with E-state index in [9.17, 15) is 10.1 Å². The van der Waals surface area contributed by atoms with Gasteiger partial charge in [-0.2, -0.15) is 4.94 Å². The van der Waals surface area contributed by atoms with Crippen LogP contribution >= 0.6 is 0 Å². The first kappa shape index (κ1) is 12.3. The van der Waals surface area contributed by atoms with E-state index in [2.05, 4.69) is 4.94 Å². The monoisotopic (exact) mass is 225 g/mol. The summed E-state index contributed by atoms with van der Waals surface area (Å²) < 4.78 is 0. The molecule has 0 saturated heterocycles. The summed E-state index contributed by atoms with van der Waals surface area (Å²) in [6.45, 7) is 3.99. The van der Waals surface area contributed by atoms with Crippen LogP contribution in [0, 0.1) is 10.1 Å². The normalized spacial score (nSPS) is 9.94. The number of benzene rings is 1. The van der Waals surface area contributed by atoms with Crippen LogP contribution in [0.25, 0.3) is 0 Å². The van der Waals surface area contributed by atoms with Crippen molar-refractivity contribution in [2.75, 3.05) is 5.17 Å². The molecule has 1 rings (SSSR count). The smallest absolute Gasteiger partial charge is 0.223 e. The Morgan fingerprint density at radius 3 is 2.62 bits per heavy atom. The second-order valence-corrected chi connectivity index (χ2v) is 3.25. The van der Waals surface area contributed by atoms with Crippen molar-refractivity contribution in [3.8, 4) is 0 Å². The number of nitrogens with two attached hydrogens (primary N) is 1. The number of hydrazine groups is 1.